The van der Waals surface area contributed by atoms with Crippen molar-refractivity contribution in [2.24, 2.45) is 0 Å². The van der Waals surface area contributed by atoms with Gasteiger partial charge in [-0.05, 0) is 113 Å². The van der Waals surface area contributed by atoms with E-state index in [0.29, 0.717) is 47.8 Å². The summed E-state index contributed by atoms with van der Waals surface area (Å²) in [6.45, 7) is 5.56. The van der Waals surface area contributed by atoms with E-state index in [1.165, 1.54) is 30.5 Å². The van der Waals surface area contributed by atoms with E-state index in [0.717, 1.165) is 43.5 Å². The molecule has 2 aliphatic rings. The van der Waals surface area contributed by atoms with Crippen LogP contribution in [0.5, 0.6) is 0 Å². The molecule has 9 nitrogen and oxygen atoms in total. The smallest absolute Gasteiger partial charge is 0.261 e. The van der Waals surface area contributed by atoms with Gasteiger partial charge in [0.05, 0.1) is 11.3 Å². The number of hydrogen-bond donors (Lipinski definition) is 2. The molecule has 0 amide bonds. The van der Waals surface area contributed by atoms with Crippen LogP contribution in [-0.4, -0.2) is 81.8 Å². The second-order valence-corrected chi connectivity index (χ2v) is 12.9. The quantitative estimate of drug-likeness (QED) is 0.256. The van der Waals surface area contributed by atoms with Crippen LogP contribution in [0.3, 0.4) is 0 Å². The van der Waals surface area contributed by atoms with Gasteiger partial charge in [0.1, 0.15) is 5.65 Å². The maximum absolute atomic E-state index is 14.0. The summed E-state index contributed by atoms with van der Waals surface area (Å²) >= 11 is 1.64. The van der Waals surface area contributed by atoms with E-state index in [1.54, 1.807) is 22.7 Å². The predicted octanol–water partition coefficient (Wildman–Crippen LogP) is 5.08. The number of rotatable bonds is 9. The fourth-order valence-electron chi connectivity index (χ4n) is 6.31. The number of nitrogens with one attached hydrogen (secondary N) is 2. The Kier molecular flexibility index (Phi) is 9.37. The van der Waals surface area contributed by atoms with Crippen molar-refractivity contribution in [3.63, 3.8) is 0 Å². The van der Waals surface area contributed by atoms with Crippen LogP contribution in [0.2, 0.25) is 0 Å². The number of hydrogen-bond acceptors (Lipinski definition) is 9. The number of fused-ring (bicyclic) bond motifs is 1. The van der Waals surface area contributed by atoms with Gasteiger partial charge >= 0.3 is 0 Å². The molecule has 2 aliphatic heterocycles. The highest BCUT2D eigenvalue weighted by Crippen LogP contribution is 2.29. The maximum atomic E-state index is 14.0. The van der Waals surface area contributed by atoms with Crippen molar-refractivity contribution in [3.8, 4) is 11.3 Å². The second-order valence-electron chi connectivity index (χ2n) is 11.9. The van der Waals surface area contributed by atoms with Crippen LogP contribution in [-0.2, 0) is 6.54 Å². The first-order chi connectivity index (χ1) is 21.0. The highest BCUT2D eigenvalue weighted by molar-refractivity contribution is 7.96. The van der Waals surface area contributed by atoms with Gasteiger partial charge in [0.25, 0.3) is 5.56 Å². The Morgan fingerprint density at radius 2 is 1.81 bits per heavy atom. The summed E-state index contributed by atoms with van der Waals surface area (Å²) in [5.74, 6) is 1.56. The number of likely N-dealkylation sites (tertiary alicyclic amines) is 1. The zero-order valence-corrected chi connectivity index (χ0v) is 26.2. The predicted molar refractivity (Wildman–Crippen MR) is 177 cm³/mol. The molecular weight excluding hydrogens is 556 g/mol. The number of piperidine rings is 2. The fraction of sp³-hybridized carbons (Fsp3) is 0.455. The second kappa shape index (κ2) is 13.5. The summed E-state index contributed by atoms with van der Waals surface area (Å²) in [7, 11) is 4.23. The summed E-state index contributed by atoms with van der Waals surface area (Å²) in [4.78, 5) is 30.6. The van der Waals surface area contributed by atoms with Crippen molar-refractivity contribution in [2.75, 3.05) is 58.4 Å². The molecule has 2 saturated heterocycles. The first-order valence-electron chi connectivity index (χ1n) is 15.4. The van der Waals surface area contributed by atoms with E-state index >= 15 is 0 Å². The fourth-order valence-corrected chi connectivity index (χ4v) is 6.57. The Bertz CT molecular complexity index is 1580. The molecule has 2 N–H and O–H groups in total. The Balaban J connectivity index is 1.29. The van der Waals surface area contributed by atoms with Crippen LogP contribution < -0.4 is 16.2 Å². The van der Waals surface area contributed by atoms with E-state index in [1.807, 2.05) is 31.6 Å². The van der Waals surface area contributed by atoms with Gasteiger partial charge in [0, 0.05) is 43.1 Å². The average molecular weight is 599 g/mol. The largest absolute Gasteiger partial charge is 0.324 e. The van der Waals surface area contributed by atoms with Gasteiger partial charge in [-0.25, -0.2) is 4.98 Å². The number of anilines is 2. The third-order valence-electron chi connectivity index (χ3n) is 8.91. The summed E-state index contributed by atoms with van der Waals surface area (Å²) in [5, 5.41) is 7.60. The van der Waals surface area contributed by atoms with Gasteiger partial charge in [0.15, 0.2) is 0 Å². The zero-order valence-electron chi connectivity index (χ0n) is 25.4. The molecule has 6 rings (SSSR count). The van der Waals surface area contributed by atoms with Gasteiger partial charge in [-0.1, -0.05) is 30.1 Å². The molecule has 5 heterocycles. The number of aromatic nitrogens is 4. The van der Waals surface area contributed by atoms with Crippen LogP contribution in [0, 0.1) is 0 Å². The molecule has 0 saturated carbocycles. The lowest BCUT2D eigenvalue weighted by Crippen LogP contribution is -2.30. The summed E-state index contributed by atoms with van der Waals surface area (Å²) in [6.07, 6.45) is 10.5. The molecule has 1 aromatic carbocycles. The van der Waals surface area contributed by atoms with Crippen molar-refractivity contribution >= 4 is 34.6 Å². The monoisotopic (exact) mass is 598 g/mol. The molecule has 3 aromatic heterocycles. The zero-order chi connectivity index (χ0) is 29.8. The molecular formula is C33H42N8OS. The molecule has 1 atom stereocenters. The SMILES string of the molecule is CSN(C)CCn1c(=O)c(-c2ccc(C3CCNCC3)cn2)cc2cnc(Nc3ccc(C4CCCN(C)C4)cc3)nc21. The van der Waals surface area contributed by atoms with Gasteiger partial charge < -0.3 is 15.5 Å². The maximum Gasteiger partial charge on any atom is 0.261 e. The minimum atomic E-state index is -0.0874. The molecule has 0 aliphatic carbocycles. The minimum Gasteiger partial charge on any atom is -0.324 e. The summed E-state index contributed by atoms with van der Waals surface area (Å²) in [6, 6.07) is 14.6. The Morgan fingerprint density at radius 3 is 2.53 bits per heavy atom. The van der Waals surface area contributed by atoms with Gasteiger partial charge in [-0.3, -0.25) is 18.7 Å². The third-order valence-corrected chi connectivity index (χ3v) is 9.72. The van der Waals surface area contributed by atoms with Gasteiger partial charge in [0.2, 0.25) is 5.95 Å². The molecule has 43 heavy (non-hydrogen) atoms. The molecule has 0 spiro atoms. The molecule has 1 unspecified atom stereocenters. The van der Waals surface area contributed by atoms with Crippen LogP contribution in [0.4, 0.5) is 11.6 Å². The highest BCUT2D eigenvalue weighted by Gasteiger charge is 2.20. The molecule has 4 aromatic rings. The third kappa shape index (κ3) is 6.93. The van der Waals surface area contributed by atoms with Crippen molar-refractivity contribution in [1.29, 1.82) is 0 Å². The van der Waals surface area contributed by atoms with E-state index < -0.39 is 0 Å². The summed E-state index contributed by atoms with van der Waals surface area (Å²) < 4.78 is 3.89. The van der Waals surface area contributed by atoms with E-state index in [4.69, 9.17) is 9.97 Å². The van der Waals surface area contributed by atoms with Gasteiger partial charge in [-0.15, -0.1) is 0 Å². The van der Waals surface area contributed by atoms with E-state index in [-0.39, 0.29) is 5.56 Å². The molecule has 226 valence electrons. The number of nitrogens with zero attached hydrogens (tertiary/aromatic N) is 6. The van der Waals surface area contributed by atoms with Crippen LogP contribution in [0.25, 0.3) is 22.3 Å². The van der Waals surface area contributed by atoms with Crippen molar-refractivity contribution < 1.29 is 0 Å². The lowest BCUT2D eigenvalue weighted by molar-refractivity contribution is 0.251. The lowest BCUT2D eigenvalue weighted by atomic mass is 9.91. The molecule has 0 bridgehead atoms. The number of likely N-dealkylation sites (N-methyl/N-ethyl adjacent to an activating group) is 2. The number of pyridine rings is 2. The van der Waals surface area contributed by atoms with E-state index in [2.05, 4.69) is 62.2 Å². The molecule has 10 heteroatoms. The normalized spacial score (nSPS) is 18.4. The van der Waals surface area contributed by atoms with E-state index in [9.17, 15) is 4.79 Å². The van der Waals surface area contributed by atoms with Crippen molar-refractivity contribution in [2.45, 2.75) is 44.1 Å². The molecule has 0 radical (unpaired) electrons. The van der Waals surface area contributed by atoms with Crippen molar-refractivity contribution in [1.82, 2.24) is 34.0 Å². The lowest BCUT2D eigenvalue weighted by Gasteiger charge is -2.30. The van der Waals surface area contributed by atoms with Crippen molar-refractivity contribution in [3.05, 3.63) is 76.3 Å². The first-order valence-corrected chi connectivity index (χ1v) is 16.5. The first kappa shape index (κ1) is 29.7. The number of benzene rings is 1. The standard InChI is InChI=1S/C33H42N8OS/c1-39-16-4-5-26(22-39)23-6-9-28(10-7-23)37-33-36-21-27-19-29(32(42)41(31(27)38-33)18-17-40(2)43-3)30-11-8-25(20-35-30)24-12-14-34-15-13-24/h6-11,19-21,24,26,34H,4-5,12-18,22H2,1-3H3,(H,36,37,38). The van der Waals surface area contributed by atoms with Crippen LogP contribution >= 0.6 is 11.9 Å². The van der Waals surface area contributed by atoms with Crippen LogP contribution in [0.1, 0.15) is 48.6 Å². The Labute approximate surface area is 258 Å². The Hall–Kier alpha value is -3.31. The average Bonchev–Trinajstić information content (AvgIpc) is 3.05. The molecule has 2 fully saturated rings. The summed E-state index contributed by atoms with van der Waals surface area (Å²) in [5.41, 5.74) is 5.33. The minimum absolute atomic E-state index is 0.0874. The topological polar surface area (TPSA) is 91.2 Å². The Morgan fingerprint density at radius 1 is 1.02 bits per heavy atom. The highest BCUT2D eigenvalue weighted by atomic mass is 32.2. The van der Waals surface area contributed by atoms with Gasteiger partial charge in [-0.2, -0.15) is 4.98 Å². The van der Waals surface area contributed by atoms with Crippen LogP contribution in [0.15, 0.2) is 59.7 Å².